The number of Topliss-reactive ketones (excluding diaryl/α,β-unsaturated/α-hetero) is 1. The van der Waals surface area contributed by atoms with Crippen molar-refractivity contribution in [2.45, 2.75) is 19.8 Å². The first kappa shape index (κ1) is 12.1. The molecule has 0 saturated carbocycles. The minimum absolute atomic E-state index is 0.195. The molecule has 2 rings (SSSR count). The molecule has 0 bridgehead atoms. The van der Waals surface area contributed by atoms with Crippen LogP contribution in [0.3, 0.4) is 0 Å². The second kappa shape index (κ2) is 5.82. The van der Waals surface area contributed by atoms with Gasteiger partial charge in [-0.05, 0) is 30.7 Å². The lowest BCUT2D eigenvalue weighted by atomic mass is 10.1. The summed E-state index contributed by atoms with van der Waals surface area (Å²) in [4.78, 5) is 11.5. The molecule has 1 unspecified atom stereocenters. The van der Waals surface area contributed by atoms with Crippen molar-refractivity contribution in [1.29, 1.82) is 0 Å². The van der Waals surface area contributed by atoms with Crippen LogP contribution in [-0.2, 0) is 4.74 Å². The molecule has 1 fully saturated rings. The largest absolute Gasteiger partial charge is 0.385 e. The number of carbonyl (C=O) groups excluding carboxylic acids is 1. The minimum atomic E-state index is 0.195. The summed E-state index contributed by atoms with van der Waals surface area (Å²) >= 11 is 0. The fourth-order valence-corrected chi connectivity index (χ4v) is 1.98. The lowest BCUT2D eigenvalue weighted by Gasteiger charge is -2.10. The maximum absolute atomic E-state index is 11.5. The Morgan fingerprint density at radius 3 is 2.76 bits per heavy atom. The van der Waals surface area contributed by atoms with Gasteiger partial charge in [0.1, 0.15) is 0 Å². The summed E-state index contributed by atoms with van der Waals surface area (Å²) in [7, 11) is 0. The summed E-state index contributed by atoms with van der Waals surface area (Å²) < 4.78 is 5.33. The standard InChI is InChI=1S/C14H19NO2/c1-2-14(16)12-3-5-13(6-4-12)15-9-11-7-8-17-10-11/h3-6,11,15H,2,7-10H2,1H3. The zero-order valence-corrected chi connectivity index (χ0v) is 10.2. The molecule has 3 heteroatoms. The van der Waals surface area contributed by atoms with Crippen molar-refractivity contribution in [3.63, 3.8) is 0 Å². The summed E-state index contributed by atoms with van der Waals surface area (Å²) in [6.45, 7) is 4.57. The van der Waals surface area contributed by atoms with Crippen molar-refractivity contribution in [3.8, 4) is 0 Å². The van der Waals surface area contributed by atoms with Crippen molar-refractivity contribution in [1.82, 2.24) is 0 Å². The number of benzene rings is 1. The molecule has 3 nitrogen and oxygen atoms in total. The lowest BCUT2D eigenvalue weighted by molar-refractivity contribution is 0.0988. The van der Waals surface area contributed by atoms with E-state index in [0.717, 1.165) is 37.4 Å². The molecule has 1 aromatic rings. The molecule has 1 N–H and O–H groups in total. The molecule has 92 valence electrons. The van der Waals surface area contributed by atoms with Gasteiger partial charge in [0.15, 0.2) is 5.78 Å². The van der Waals surface area contributed by atoms with Crippen LogP contribution in [-0.4, -0.2) is 25.5 Å². The van der Waals surface area contributed by atoms with E-state index in [4.69, 9.17) is 4.74 Å². The molecule has 1 aliphatic rings. The molecular weight excluding hydrogens is 214 g/mol. The van der Waals surface area contributed by atoms with Gasteiger partial charge in [-0.15, -0.1) is 0 Å². The fourth-order valence-electron chi connectivity index (χ4n) is 1.98. The summed E-state index contributed by atoms with van der Waals surface area (Å²) in [6.07, 6.45) is 1.70. The van der Waals surface area contributed by atoms with Crippen LogP contribution in [0.4, 0.5) is 5.69 Å². The highest BCUT2D eigenvalue weighted by molar-refractivity contribution is 5.96. The number of ketones is 1. The molecule has 0 amide bonds. The molecule has 0 aliphatic carbocycles. The van der Waals surface area contributed by atoms with Crippen LogP contribution in [0, 0.1) is 5.92 Å². The van der Waals surface area contributed by atoms with Crippen LogP contribution in [0.25, 0.3) is 0 Å². The van der Waals surface area contributed by atoms with Gasteiger partial charge in [0.25, 0.3) is 0 Å². The van der Waals surface area contributed by atoms with E-state index in [0.29, 0.717) is 12.3 Å². The first-order valence-corrected chi connectivity index (χ1v) is 6.24. The van der Waals surface area contributed by atoms with E-state index >= 15 is 0 Å². The smallest absolute Gasteiger partial charge is 0.162 e. The second-order valence-electron chi connectivity index (χ2n) is 4.46. The SMILES string of the molecule is CCC(=O)c1ccc(NCC2CCOC2)cc1. The van der Waals surface area contributed by atoms with Crippen LogP contribution in [0.5, 0.6) is 0 Å². The van der Waals surface area contributed by atoms with Crippen LogP contribution < -0.4 is 5.32 Å². The van der Waals surface area contributed by atoms with Gasteiger partial charge in [0, 0.05) is 36.7 Å². The first-order valence-electron chi connectivity index (χ1n) is 6.24. The van der Waals surface area contributed by atoms with Gasteiger partial charge in [0.05, 0.1) is 6.61 Å². The van der Waals surface area contributed by atoms with Crippen molar-refractivity contribution < 1.29 is 9.53 Å². The third kappa shape index (κ3) is 3.30. The van der Waals surface area contributed by atoms with Crippen molar-refractivity contribution in [2.75, 3.05) is 25.1 Å². The Bertz CT molecular complexity index is 366. The van der Waals surface area contributed by atoms with Crippen molar-refractivity contribution >= 4 is 11.5 Å². The number of nitrogens with one attached hydrogen (secondary N) is 1. The van der Waals surface area contributed by atoms with E-state index in [9.17, 15) is 4.79 Å². The molecule has 0 radical (unpaired) electrons. The van der Waals surface area contributed by atoms with Crippen LogP contribution in [0.1, 0.15) is 30.1 Å². The number of hydrogen-bond acceptors (Lipinski definition) is 3. The van der Waals surface area contributed by atoms with Crippen LogP contribution in [0.2, 0.25) is 0 Å². The quantitative estimate of drug-likeness (QED) is 0.795. The molecule has 0 aromatic heterocycles. The third-order valence-corrected chi connectivity index (χ3v) is 3.15. The van der Waals surface area contributed by atoms with E-state index in [2.05, 4.69) is 5.32 Å². The first-order chi connectivity index (χ1) is 8.29. The summed E-state index contributed by atoms with van der Waals surface area (Å²) in [5, 5.41) is 3.38. The normalized spacial score (nSPS) is 19.2. The average Bonchev–Trinajstić information content (AvgIpc) is 2.89. The highest BCUT2D eigenvalue weighted by Gasteiger charge is 2.14. The Morgan fingerprint density at radius 1 is 1.41 bits per heavy atom. The van der Waals surface area contributed by atoms with Gasteiger partial charge in [-0.25, -0.2) is 0 Å². The monoisotopic (exact) mass is 233 g/mol. The van der Waals surface area contributed by atoms with E-state index in [1.807, 2.05) is 31.2 Å². The summed E-state index contributed by atoms with van der Waals surface area (Å²) in [5.41, 5.74) is 1.87. The van der Waals surface area contributed by atoms with Gasteiger partial charge in [-0.3, -0.25) is 4.79 Å². The molecule has 17 heavy (non-hydrogen) atoms. The van der Waals surface area contributed by atoms with Crippen molar-refractivity contribution in [3.05, 3.63) is 29.8 Å². The third-order valence-electron chi connectivity index (χ3n) is 3.15. The zero-order chi connectivity index (χ0) is 12.1. The minimum Gasteiger partial charge on any atom is -0.385 e. The molecule has 1 aromatic carbocycles. The topological polar surface area (TPSA) is 38.3 Å². The maximum Gasteiger partial charge on any atom is 0.162 e. The second-order valence-corrected chi connectivity index (χ2v) is 4.46. The predicted octanol–water partition coefficient (Wildman–Crippen LogP) is 2.73. The molecule has 1 saturated heterocycles. The van der Waals surface area contributed by atoms with Gasteiger partial charge < -0.3 is 10.1 Å². The Kier molecular flexibility index (Phi) is 4.15. The molecule has 1 aliphatic heterocycles. The zero-order valence-electron chi connectivity index (χ0n) is 10.2. The number of carbonyl (C=O) groups is 1. The van der Waals surface area contributed by atoms with Gasteiger partial charge >= 0.3 is 0 Å². The molecular formula is C14H19NO2. The van der Waals surface area contributed by atoms with Gasteiger partial charge in [-0.2, -0.15) is 0 Å². The van der Waals surface area contributed by atoms with Crippen molar-refractivity contribution in [2.24, 2.45) is 5.92 Å². The molecule has 1 atom stereocenters. The summed E-state index contributed by atoms with van der Waals surface area (Å²) in [6, 6.07) is 7.72. The molecule has 0 spiro atoms. The lowest BCUT2D eigenvalue weighted by Crippen LogP contribution is -2.14. The number of hydrogen-bond donors (Lipinski definition) is 1. The van der Waals surface area contributed by atoms with E-state index in [1.165, 1.54) is 0 Å². The Labute approximate surface area is 102 Å². The highest BCUT2D eigenvalue weighted by Crippen LogP contribution is 2.15. The fraction of sp³-hybridized carbons (Fsp3) is 0.500. The predicted molar refractivity (Wildman–Crippen MR) is 68.5 cm³/mol. The van der Waals surface area contributed by atoms with E-state index < -0.39 is 0 Å². The number of rotatable bonds is 5. The maximum atomic E-state index is 11.5. The number of anilines is 1. The van der Waals surface area contributed by atoms with Crippen LogP contribution in [0.15, 0.2) is 24.3 Å². The molecule has 1 heterocycles. The number of ether oxygens (including phenoxy) is 1. The van der Waals surface area contributed by atoms with Crippen LogP contribution >= 0.6 is 0 Å². The highest BCUT2D eigenvalue weighted by atomic mass is 16.5. The Hall–Kier alpha value is -1.35. The average molecular weight is 233 g/mol. The Balaban J connectivity index is 1.87. The summed E-state index contributed by atoms with van der Waals surface area (Å²) in [5.74, 6) is 0.813. The van der Waals surface area contributed by atoms with Gasteiger partial charge in [0.2, 0.25) is 0 Å². The van der Waals surface area contributed by atoms with E-state index in [-0.39, 0.29) is 5.78 Å². The van der Waals surface area contributed by atoms with Gasteiger partial charge in [-0.1, -0.05) is 6.92 Å². The van der Waals surface area contributed by atoms with E-state index in [1.54, 1.807) is 0 Å². The Morgan fingerprint density at radius 2 is 2.18 bits per heavy atom.